The van der Waals surface area contributed by atoms with E-state index in [2.05, 4.69) is 5.32 Å². The van der Waals surface area contributed by atoms with Crippen LogP contribution in [0.25, 0.3) is 0 Å². The van der Waals surface area contributed by atoms with Crippen LogP contribution in [0, 0.1) is 11.3 Å². The van der Waals surface area contributed by atoms with Gasteiger partial charge in [0, 0.05) is 12.1 Å². The Morgan fingerprint density at radius 3 is 2.55 bits per heavy atom. The third-order valence-corrected chi connectivity index (χ3v) is 2.69. The summed E-state index contributed by atoms with van der Waals surface area (Å²) in [5, 5.41) is 11.3. The van der Waals surface area contributed by atoms with Crippen LogP contribution in [-0.4, -0.2) is 18.0 Å². The first-order valence-electron chi connectivity index (χ1n) is 6.57. The lowest BCUT2D eigenvalue weighted by Crippen LogP contribution is -2.29. The molecule has 20 heavy (non-hydrogen) atoms. The zero-order valence-electron chi connectivity index (χ0n) is 11.7. The molecular weight excluding hydrogens is 256 g/mol. The quantitative estimate of drug-likeness (QED) is 0.809. The summed E-state index contributed by atoms with van der Waals surface area (Å²) in [6.07, 6.45) is 1.14. The van der Waals surface area contributed by atoms with Crippen molar-refractivity contribution in [1.82, 2.24) is 0 Å². The molecule has 5 nitrogen and oxygen atoms in total. The van der Waals surface area contributed by atoms with Gasteiger partial charge < -0.3 is 10.1 Å². The molecule has 106 valence electrons. The fourth-order valence-electron chi connectivity index (χ4n) is 1.50. The molecule has 1 atom stereocenters. The highest BCUT2D eigenvalue weighted by Gasteiger charge is 2.17. The van der Waals surface area contributed by atoms with Gasteiger partial charge in [-0.3, -0.25) is 9.59 Å². The van der Waals surface area contributed by atoms with E-state index in [1.165, 1.54) is 6.92 Å². The van der Waals surface area contributed by atoms with E-state index in [0.29, 0.717) is 17.7 Å². The first kappa shape index (κ1) is 15.7. The number of amides is 1. The molecule has 0 unspecified atom stereocenters. The fourth-order valence-corrected chi connectivity index (χ4v) is 1.50. The van der Waals surface area contributed by atoms with Gasteiger partial charge in [-0.15, -0.1) is 0 Å². The Balaban J connectivity index is 2.48. The first-order valence-corrected chi connectivity index (χ1v) is 6.57. The predicted molar refractivity (Wildman–Crippen MR) is 74.9 cm³/mol. The largest absolute Gasteiger partial charge is 0.453 e. The summed E-state index contributed by atoms with van der Waals surface area (Å²) < 4.78 is 5.03. The molecule has 1 rings (SSSR count). The van der Waals surface area contributed by atoms with Gasteiger partial charge in [-0.1, -0.05) is 13.3 Å². The molecule has 0 saturated heterocycles. The Labute approximate surface area is 118 Å². The van der Waals surface area contributed by atoms with Gasteiger partial charge in [0.2, 0.25) is 0 Å². The number of carbonyl (C=O) groups excluding carboxylic acids is 2. The molecule has 0 bridgehead atoms. The van der Waals surface area contributed by atoms with Crippen LogP contribution < -0.4 is 5.32 Å². The van der Waals surface area contributed by atoms with Gasteiger partial charge in [-0.05, 0) is 37.6 Å². The van der Waals surface area contributed by atoms with Crippen molar-refractivity contribution in [2.75, 3.05) is 5.32 Å². The molecular formula is C15H18N2O3. The highest BCUT2D eigenvalue weighted by molar-refractivity contribution is 5.95. The number of rotatable bonds is 6. The molecule has 1 amide bonds. The number of hydrogen-bond donors (Lipinski definition) is 1. The monoisotopic (exact) mass is 274 g/mol. The van der Waals surface area contributed by atoms with Crippen LogP contribution in [0.3, 0.4) is 0 Å². The molecule has 5 heteroatoms. The molecule has 0 aliphatic heterocycles. The third-order valence-electron chi connectivity index (χ3n) is 2.69. The second-order valence-electron chi connectivity index (χ2n) is 4.41. The number of nitriles is 1. The van der Waals surface area contributed by atoms with Crippen LogP contribution in [-0.2, 0) is 14.3 Å². The van der Waals surface area contributed by atoms with Crippen LogP contribution in [0.4, 0.5) is 5.69 Å². The zero-order chi connectivity index (χ0) is 15.0. The predicted octanol–water partition coefficient (Wildman–Crippen LogP) is 2.62. The van der Waals surface area contributed by atoms with Gasteiger partial charge in [0.15, 0.2) is 6.10 Å². The molecule has 1 aromatic carbocycles. The number of ether oxygens (including phenoxy) is 1. The number of hydrogen-bond acceptors (Lipinski definition) is 4. The first-order chi connectivity index (χ1) is 9.56. The third kappa shape index (κ3) is 5.11. The normalized spacial score (nSPS) is 11.2. The number of benzene rings is 1. The maximum absolute atomic E-state index is 11.8. The Kier molecular flexibility index (Phi) is 6.24. The van der Waals surface area contributed by atoms with Gasteiger partial charge in [0.05, 0.1) is 11.6 Å². The molecule has 0 aliphatic carbocycles. The summed E-state index contributed by atoms with van der Waals surface area (Å²) in [7, 11) is 0. The van der Waals surface area contributed by atoms with Crippen LogP contribution >= 0.6 is 0 Å². The molecule has 0 fully saturated rings. The SMILES string of the molecule is CCCCC(=O)O[C@@H](C)C(=O)Nc1ccc(C#N)cc1. The van der Waals surface area contributed by atoms with Crippen LogP contribution in [0.2, 0.25) is 0 Å². The molecule has 0 aromatic heterocycles. The van der Waals surface area contributed by atoms with E-state index < -0.39 is 6.10 Å². The number of unbranched alkanes of at least 4 members (excludes halogenated alkanes) is 1. The summed E-state index contributed by atoms with van der Waals surface area (Å²) in [6, 6.07) is 8.46. The van der Waals surface area contributed by atoms with E-state index in [-0.39, 0.29) is 11.9 Å². The second-order valence-corrected chi connectivity index (χ2v) is 4.41. The molecule has 0 spiro atoms. The highest BCUT2D eigenvalue weighted by Crippen LogP contribution is 2.10. The Morgan fingerprint density at radius 2 is 2.00 bits per heavy atom. The van der Waals surface area contributed by atoms with Crippen molar-refractivity contribution in [3.05, 3.63) is 29.8 Å². The lowest BCUT2D eigenvalue weighted by atomic mass is 10.2. The molecule has 0 saturated carbocycles. The second kappa shape index (κ2) is 7.95. The van der Waals surface area contributed by atoms with Crippen LogP contribution in [0.15, 0.2) is 24.3 Å². The Morgan fingerprint density at radius 1 is 1.35 bits per heavy atom. The molecule has 0 heterocycles. The zero-order valence-corrected chi connectivity index (χ0v) is 11.7. The van der Waals surface area contributed by atoms with E-state index in [9.17, 15) is 9.59 Å². The number of esters is 1. The van der Waals surface area contributed by atoms with Gasteiger partial charge in [-0.25, -0.2) is 0 Å². The Bertz CT molecular complexity index is 503. The van der Waals surface area contributed by atoms with Crippen LogP contribution in [0.1, 0.15) is 38.7 Å². The van der Waals surface area contributed by atoms with Gasteiger partial charge in [0.1, 0.15) is 0 Å². The topological polar surface area (TPSA) is 79.2 Å². The van der Waals surface area contributed by atoms with Crippen molar-refractivity contribution in [2.45, 2.75) is 39.2 Å². The van der Waals surface area contributed by atoms with E-state index >= 15 is 0 Å². The Hall–Kier alpha value is -2.35. The number of nitrogens with zero attached hydrogens (tertiary/aromatic N) is 1. The van der Waals surface area contributed by atoms with Gasteiger partial charge >= 0.3 is 5.97 Å². The summed E-state index contributed by atoms with van der Waals surface area (Å²) in [5.41, 5.74) is 1.08. The van der Waals surface area contributed by atoms with Crippen molar-refractivity contribution >= 4 is 17.6 Å². The average Bonchev–Trinajstić information content (AvgIpc) is 2.45. The van der Waals surface area contributed by atoms with Gasteiger partial charge in [-0.2, -0.15) is 5.26 Å². The maximum atomic E-state index is 11.8. The average molecular weight is 274 g/mol. The maximum Gasteiger partial charge on any atom is 0.306 e. The minimum atomic E-state index is -0.838. The molecule has 1 aromatic rings. The lowest BCUT2D eigenvalue weighted by molar-refractivity contribution is -0.153. The standard InChI is InChI=1S/C15H18N2O3/c1-3-4-5-14(18)20-11(2)15(19)17-13-8-6-12(10-16)7-9-13/h6-9,11H,3-5H2,1-2H3,(H,17,19)/t11-/m0/s1. The minimum absolute atomic E-state index is 0.324. The van der Waals surface area contributed by atoms with Crippen molar-refractivity contribution in [1.29, 1.82) is 5.26 Å². The number of nitrogens with one attached hydrogen (secondary N) is 1. The van der Waals surface area contributed by atoms with E-state index in [0.717, 1.165) is 12.8 Å². The molecule has 0 aliphatic rings. The van der Waals surface area contributed by atoms with Crippen molar-refractivity contribution in [3.8, 4) is 6.07 Å². The summed E-state index contributed by atoms with van der Waals surface area (Å²) in [6.45, 7) is 3.51. The summed E-state index contributed by atoms with van der Waals surface area (Å²) in [5.74, 6) is -0.756. The molecule has 0 radical (unpaired) electrons. The van der Waals surface area contributed by atoms with E-state index in [1.807, 2.05) is 13.0 Å². The van der Waals surface area contributed by atoms with E-state index in [1.54, 1.807) is 24.3 Å². The van der Waals surface area contributed by atoms with Crippen molar-refractivity contribution in [2.24, 2.45) is 0 Å². The lowest BCUT2D eigenvalue weighted by Gasteiger charge is -2.13. The summed E-state index contributed by atoms with van der Waals surface area (Å²) >= 11 is 0. The molecule has 1 N–H and O–H groups in total. The highest BCUT2D eigenvalue weighted by atomic mass is 16.5. The smallest absolute Gasteiger partial charge is 0.306 e. The van der Waals surface area contributed by atoms with E-state index in [4.69, 9.17) is 10.00 Å². The number of anilines is 1. The summed E-state index contributed by atoms with van der Waals surface area (Å²) in [4.78, 5) is 23.2. The fraction of sp³-hybridized carbons (Fsp3) is 0.400. The van der Waals surface area contributed by atoms with Crippen molar-refractivity contribution in [3.63, 3.8) is 0 Å². The minimum Gasteiger partial charge on any atom is -0.453 e. The van der Waals surface area contributed by atoms with Crippen molar-refractivity contribution < 1.29 is 14.3 Å². The van der Waals surface area contributed by atoms with Crippen LogP contribution in [0.5, 0.6) is 0 Å². The van der Waals surface area contributed by atoms with Gasteiger partial charge in [0.25, 0.3) is 5.91 Å². The number of carbonyl (C=O) groups is 2.